The van der Waals surface area contributed by atoms with Gasteiger partial charge in [-0.15, -0.1) is 24.8 Å². The normalized spacial score (nSPS) is 11.1. The Balaban J connectivity index is 0.00000338. The quantitative estimate of drug-likeness (QED) is 0.662. The Morgan fingerprint density at radius 3 is 2.37 bits per heavy atom. The maximum absolute atomic E-state index is 12.3. The van der Waals surface area contributed by atoms with E-state index in [0.717, 1.165) is 23.4 Å². The molecule has 2 aromatic carbocycles. The summed E-state index contributed by atoms with van der Waals surface area (Å²) in [5.41, 5.74) is 8.02. The fraction of sp³-hybridized carbons (Fsp3) is 0.350. The lowest BCUT2D eigenvalue weighted by Gasteiger charge is -2.16. The molecule has 1 amide bonds. The van der Waals surface area contributed by atoms with Crippen LogP contribution in [0.5, 0.6) is 5.75 Å². The van der Waals surface area contributed by atoms with Gasteiger partial charge in [0.25, 0.3) is 0 Å². The summed E-state index contributed by atoms with van der Waals surface area (Å²) in [6.07, 6.45) is 0.521. The minimum atomic E-state index is -0.566. The Bertz CT molecular complexity index is 669. The van der Waals surface area contributed by atoms with Gasteiger partial charge < -0.3 is 20.7 Å². The zero-order valence-corrected chi connectivity index (χ0v) is 17.4. The summed E-state index contributed by atoms with van der Waals surface area (Å²) in [6.45, 7) is 1.84. The summed E-state index contributed by atoms with van der Waals surface area (Å²) in [5, 5.41) is 2.90. The second-order valence-corrected chi connectivity index (χ2v) is 6.27. The number of nitrogens with zero attached hydrogens (tertiary/aromatic N) is 1. The van der Waals surface area contributed by atoms with Gasteiger partial charge >= 0.3 is 0 Å². The Labute approximate surface area is 174 Å². The van der Waals surface area contributed by atoms with Gasteiger partial charge in [0.2, 0.25) is 5.91 Å². The first-order chi connectivity index (χ1) is 12.1. The lowest BCUT2D eigenvalue weighted by atomic mass is 10.1. The van der Waals surface area contributed by atoms with Crippen molar-refractivity contribution in [3.63, 3.8) is 0 Å². The molecule has 2 rings (SSSR count). The van der Waals surface area contributed by atoms with Gasteiger partial charge in [0.1, 0.15) is 12.4 Å². The average Bonchev–Trinajstić information content (AvgIpc) is 2.61. The summed E-state index contributed by atoms with van der Waals surface area (Å²) >= 11 is 0. The topological polar surface area (TPSA) is 67.6 Å². The maximum Gasteiger partial charge on any atom is 0.237 e. The molecule has 0 fully saturated rings. The number of likely N-dealkylation sites (N-methyl/N-ethyl adjacent to an activating group) is 1. The number of carbonyl (C=O) groups is 1. The summed E-state index contributed by atoms with van der Waals surface area (Å²) < 4.78 is 5.81. The standard InChI is InChI=1S/C20H27N3O2.2ClH/c1-23(2)12-13-25-19-11-7-6-10-17(19)15-22-20(24)18(21)14-16-8-4-3-5-9-16;;/h3-11,18H,12-15,21H2,1-2H3,(H,22,24);2*1H. The van der Waals surface area contributed by atoms with Crippen LogP contribution in [-0.4, -0.2) is 44.1 Å². The molecule has 1 unspecified atom stereocenters. The van der Waals surface area contributed by atoms with E-state index in [-0.39, 0.29) is 30.7 Å². The lowest BCUT2D eigenvalue weighted by molar-refractivity contribution is -0.122. The molecule has 3 N–H and O–H groups in total. The molecule has 7 heteroatoms. The number of para-hydroxylation sites is 1. The number of amides is 1. The molecule has 5 nitrogen and oxygen atoms in total. The van der Waals surface area contributed by atoms with Gasteiger partial charge in [0.15, 0.2) is 0 Å². The molecule has 0 aliphatic rings. The van der Waals surface area contributed by atoms with E-state index >= 15 is 0 Å². The van der Waals surface area contributed by atoms with Crippen LogP contribution in [0.4, 0.5) is 0 Å². The Hall–Kier alpha value is -1.79. The Morgan fingerprint density at radius 2 is 1.70 bits per heavy atom. The van der Waals surface area contributed by atoms with Gasteiger partial charge in [-0.05, 0) is 32.1 Å². The number of hydrogen-bond donors (Lipinski definition) is 2. The van der Waals surface area contributed by atoms with Crippen molar-refractivity contribution in [2.75, 3.05) is 27.2 Å². The van der Waals surface area contributed by atoms with Gasteiger partial charge in [0.05, 0.1) is 6.04 Å². The van der Waals surface area contributed by atoms with E-state index in [1.54, 1.807) is 0 Å². The highest BCUT2D eigenvalue weighted by molar-refractivity contribution is 5.85. The predicted octanol–water partition coefficient (Wildman–Crippen LogP) is 2.66. The summed E-state index contributed by atoms with van der Waals surface area (Å²) in [6, 6.07) is 17.0. The highest BCUT2D eigenvalue weighted by Crippen LogP contribution is 2.17. The van der Waals surface area contributed by atoms with Crippen molar-refractivity contribution in [3.8, 4) is 5.75 Å². The molecule has 27 heavy (non-hydrogen) atoms. The number of hydrogen-bond acceptors (Lipinski definition) is 4. The van der Waals surface area contributed by atoms with Crippen molar-refractivity contribution in [1.82, 2.24) is 10.2 Å². The number of nitrogens with two attached hydrogens (primary N) is 1. The van der Waals surface area contributed by atoms with Gasteiger partial charge in [-0.1, -0.05) is 48.5 Å². The molecule has 0 saturated heterocycles. The molecule has 0 aromatic heterocycles. The lowest BCUT2D eigenvalue weighted by Crippen LogP contribution is -2.41. The molecule has 0 radical (unpaired) electrons. The molecule has 150 valence electrons. The summed E-state index contributed by atoms with van der Waals surface area (Å²) in [4.78, 5) is 14.3. The van der Waals surface area contributed by atoms with Crippen molar-refractivity contribution in [2.24, 2.45) is 5.73 Å². The minimum Gasteiger partial charge on any atom is -0.492 e. The van der Waals surface area contributed by atoms with Crippen molar-refractivity contribution < 1.29 is 9.53 Å². The second-order valence-electron chi connectivity index (χ2n) is 6.27. The predicted molar refractivity (Wildman–Crippen MR) is 115 cm³/mol. The van der Waals surface area contributed by atoms with Crippen LogP contribution in [0, 0.1) is 0 Å². The van der Waals surface area contributed by atoms with E-state index in [1.165, 1.54) is 0 Å². The fourth-order valence-electron chi connectivity index (χ4n) is 2.40. The molecule has 0 aliphatic carbocycles. The van der Waals surface area contributed by atoms with Crippen LogP contribution in [0.1, 0.15) is 11.1 Å². The number of benzene rings is 2. The van der Waals surface area contributed by atoms with Crippen LogP contribution in [0.2, 0.25) is 0 Å². The van der Waals surface area contributed by atoms with Crippen LogP contribution in [0.3, 0.4) is 0 Å². The number of carbonyl (C=O) groups excluding carboxylic acids is 1. The van der Waals surface area contributed by atoms with Crippen molar-refractivity contribution in [2.45, 2.75) is 19.0 Å². The molecule has 0 aliphatic heterocycles. The van der Waals surface area contributed by atoms with Crippen LogP contribution in [-0.2, 0) is 17.8 Å². The van der Waals surface area contributed by atoms with Gasteiger partial charge in [-0.3, -0.25) is 4.79 Å². The van der Waals surface area contributed by atoms with Crippen LogP contribution in [0.25, 0.3) is 0 Å². The Kier molecular flexibility index (Phi) is 12.5. The van der Waals surface area contributed by atoms with Crippen molar-refractivity contribution in [1.29, 1.82) is 0 Å². The number of rotatable bonds is 9. The molecule has 0 saturated carbocycles. The minimum absolute atomic E-state index is 0. The van der Waals surface area contributed by atoms with E-state index in [4.69, 9.17) is 10.5 Å². The number of nitrogens with one attached hydrogen (secondary N) is 1. The second kappa shape index (κ2) is 13.4. The van der Waals surface area contributed by atoms with Crippen LogP contribution < -0.4 is 15.8 Å². The average molecular weight is 414 g/mol. The molecule has 1 atom stereocenters. The van der Waals surface area contributed by atoms with Gasteiger partial charge in [0, 0.05) is 18.7 Å². The molecular weight excluding hydrogens is 385 g/mol. The van der Waals surface area contributed by atoms with Crippen molar-refractivity contribution in [3.05, 3.63) is 65.7 Å². The summed E-state index contributed by atoms with van der Waals surface area (Å²) in [7, 11) is 4.01. The van der Waals surface area contributed by atoms with Crippen molar-refractivity contribution >= 4 is 30.7 Å². The first-order valence-electron chi connectivity index (χ1n) is 8.49. The Morgan fingerprint density at radius 1 is 1.07 bits per heavy atom. The van der Waals surface area contributed by atoms with Crippen LogP contribution >= 0.6 is 24.8 Å². The molecular formula is C20H29Cl2N3O2. The van der Waals surface area contributed by atoms with Gasteiger partial charge in [-0.2, -0.15) is 0 Å². The smallest absolute Gasteiger partial charge is 0.237 e. The van der Waals surface area contributed by atoms with Gasteiger partial charge in [-0.25, -0.2) is 0 Å². The first-order valence-corrected chi connectivity index (χ1v) is 8.49. The first kappa shape index (κ1) is 25.2. The molecule has 0 spiro atoms. The molecule has 0 bridgehead atoms. The van der Waals surface area contributed by atoms with E-state index in [9.17, 15) is 4.79 Å². The third-order valence-corrected chi connectivity index (χ3v) is 3.86. The largest absolute Gasteiger partial charge is 0.492 e. The van der Waals surface area contributed by atoms with Crippen LogP contribution in [0.15, 0.2) is 54.6 Å². The highest BCUT2D eigenvalue weighted by Gasteiger charge is 2.14. The summed E-state index contributed by atoms with van der Waals surface area (Å²) in [5.74, 6) is 0.633. The zero-order valence-electron chi connectivity index (χ0n) is 15.8. The monoisotopic (exact) mass is 413 g/mol. The maximum atomic E-state index is 12.3. The zero-order chi connectivity index (χ0) is 18.1. The van der Waals surface area contributed by atoms with E-state index in [0.29, 0.717) is 19.6 Å². The third-order valence-electron chi connectivity index (χ3n) is 3.86. The van der Waals surface area contributed by atoms with E-state index in [2.05, 4.69) is 10.2 Å². The van der Waals surface area contributed by atoms with E-state index in [1.807, 2.05) is 68.7 Å². The van der Waals surface area contributed by atoms with E-state index < -0.39 is 6.04 Å². The third kappa shape index (κ3) is 9.11. The fourth-order valence-corrected chi connectivity index (χ4v) is 2.40. The molecule has 2 aromatic rings. The molecule has 0 heterocycles. The SMILES string of the molecule is CN(C)CCOc1ccccc1CNC(=O)C(N)Cc1ccccc1.Cl.Cl. The number of ether oxygens (including phenoxy) is 1. The number of halogens is 2. The highest BCUT2D eigenvalue weighted by atomic mass is 35.5.